The fourth-order valence-electron chi connectivity index (χ4n) is 7.21. The molecule has 0 atom stereocenters. The molecule has 6 heteroatoms. The van der Waals surface area contributed by atoms with Gasteiger partial charge in [0.25, 0.3) is 0 Å². The van der Waals surface area contributed by atoms with E-state index in [9.17, 15) is 4.79 Å². The molecule has 0 aliphatic heterocycles. The molecule has 4 saturated carbocycles. The lowest BCUT2D eigenvalue weighted by Crippen LogP contribution is -2.47. The van der Waals surface area contributed by atoms with Gasteiger partial charge < -0.3 is 16.0 Å². The maximum atomic E-state index is 13.1. The predicted octanol–water partition coefficient (Wildman–Crippen LogP) is 6.05. The van der Waals surface area contributed by atoms with Crippen molar-refractivity contribution >= 4 is 39.7 Å². The second-order valence-electron chi connectivity index (χ2n) is 10.8. The predicted molar refractivity (Wildman–Crippen MR) is 140 cm³/mol. The van der Waals surface area contributed by atoms with Gasteiger partial charge in [-0.1, -0.05) is 6.07 Å². The van der Waals surface area contributed by atoms with Gasteiger partial charge in [0.05, 0.1) is 17.7 Å². The van der Waals surface area contributed by atoms with Crippen molar-refractivity contribution in [2.24, 2.45) is 23.2 Å². The lowest BCUT2D eigenvalue weighted by Gasteiger charge is -2.56. The molecule has 2 heterocycles. The van der Waals surface area contributed by atoms with E-state index in [1.54, 1.807) is 11.3 Å². The Hall–Kier alpha value is -2.44. The summed E-state index contributed by atoms with van der Waals surface area (Å²) in [6, 6.07) is 12.2. The van der Waals surface area contributed by atoms with E-state index in [-0.39, 0.29) is 11.3 Å². The molecule has 4 aliphatic rings. The summed E-state index contributed by atoms with van der Waals surface area (Å²) in [4.78, 5) is 17.9. The molecule has 0 unspecified atom stereocenters. The lowest BCUT2D eigenvalue weighted by molar-refractivity contribution is -0.124. The molecule has 3 aromatic rings. The highest BCUT2D eigenvalue weighted by Gasteiger charge is 2.51. The van der Waals surface area contributed by atoms with E-state index in [2.05, 4.69) is 38.8 Å². The van der Waals surface area contributed by atoms with Crippen molar-refractivity contribution in [2.75, 3.05) is 23.7 Å². The number of amides is 1. The second-order valence-corrected chi connectivity index (χ2v) is 11.6. The van der Waals surface area contributed by atoms with Crippen LogP contribution in [0.4, 0.5) is 11.5 Å². The number of thiophene rings is 1. The topological polar surface area (TPSA) is 66.0 Å². The minimum absolute atomic E-state index is 0.171. The maximum absolute atomic E-state index is 13.1. The van der Waals surface area contributed by atoms with Gasteiger partial charge in [-0.05, 0) is 108 Å². The Bertz CT molecular complexity index is 1120. The van der Waals surface area contributed by atoms with Crippen LogP contribution in [-0.4, -0.2) is 24.0 Å². The third-order valence-electron chi connectivity index (χ3n) is 8.09. The summed E-state index contributed by atoms with van der Waals surface area (Å²) in [6.07, 6.45) is 8.70. The summed E-state index contributed by atoms with van der Waals surface area (Å²) in [6.45, 7) is 3.63. The Balaban J connectivity index is 1.06. The molecule has 0 saturated heterocycles. The molecular weight excluding hydrogens is 440 g/mol. The van der Waals surface area contributed by atoms with Crippen LogP contribution >= 0.6 is 11.3 Å². The molecule has 34 heavy (non-hydrogen) atoms. The number of nitrogens with one attached hydrogen (secondary N) is 3. The van der Waals surface area contributed by atoms with Crippen LogP contribution in [0.1, 0.15) is 50.5 Å². The number of pyridine rings is 1. The molecule has 177 valence electrons. The highest BCUT2D eigenvalue weighted by molar-refractivity contribution is 7.08. The normalized spacial score (nSPS) is 27.2. The highest BCUT2D eigenvalue weighted by atomic mass is 32.1. The van der Waals surface area contributed by atoms with E-state index >= 15 is 0 Å². The fourth-order valence-corrected chi connectivity index (χ4v) is 7.83. The zero-order valence-corrected chi connectivity index (χ0v) is 20.4. The average Bonchev–Trinajstić information content (AvgIpc) is 3.31. The first-order chi connectivity index (χ1) is 16.6. The summed E-state index contributed by atoms with van der Waals surface area (Å²) < 4.78 is 0. The van der Waals surface area contributed by atoms with E-state index in [0.717, 1.165) is 53.3 Å². The van der Waals surface area contributed by atoms with E-state index in [0.29, 0.717) is 6.42 Å². The molecule has 4 aliphatic carbocycles. The molecule has 1 aromatic carbocycles. The SMILES string of the molecule is O=C(CC12CC3CC(CC(C3)C1)C2)Nc1cccc2nc(NCCN[CH]c3ccsc3)ccc12. The highest BCUT2D eigenvalue weighted by Crippen LogP contribution is 2.61. The summed E-state index contributed by atoms with van der Waals surface area (Å²) in [5.41, 5.74) is 3.23. The van der Waals surface area contributed by atoms with Gasteiger partial charge >= 0.3 is 0 Å². The Morgan fingerprint density at radius 2 is 1.82 bits per heavy atom. The van der Waals surface area contributed by atoms with Crippen molar-refractivity contribution in [3.8, 4) is 0 Å². The van der Waals surface area contributed by atoms with Crippen LogP contribution in [0.3, 0.4) is 0 Å². The van der Waals surface area contributed by atoms with Gasteiger partial charge in [0.15, 0.2) is 0 Å². The van der Waals surface area contributed by atoms with Crippen molar-refractivity contribution in [1.82, 2.24) is 10.3 Å². The Labute approximate surface area is 205 Å². The van der Waals surface area contributed by atoms with Crippen molar-refractivity contribution in [3.63, 3.8) is 0 Å². The van der Waals surface area contributed by atoms with Gasteiger partial charge in [-0.3, -0.25) is 4.79 Å². The van der Waals surface area contributed by atoms with Gasteiger partial charge in [0.2, 0.25) is 5.91 Å². The molecule has 0 spiro atoms. The number of carbonyl (C=O) groups is 1. The van der Waals surface area contributed by atoms with Gasteiger partial charge in [0.1, 0.15) is 5.82 Å². The zero-order valence-electron chi connectivity index (χ0n) is 19.6. The minimum atomic E-state index is 0.171. The van der Waals surface area contributed by atoms with Crippen LogP contribution in [0.25, 0.3) is 10.9 Å². The number of hydrogen-bond donors (Lipinski definition) is 3. The van der Waals surface area contributed by atoms with Crippen molar-refractivity contribution in [3.05, 3.63) is 59.3 Å². The third-order valence-corrected chi connectivity index (χ3v) is 8.80. The van der Waals surface area contributed by atoms with Crippen LogP contribution in [0.5, 0.6) is 0 Å². The number of anilines is 2. The van der Waals surface area contributed by atoms with Crippen molar-refractivity contribution in [1.29, 1.82) is 0 Å². The van der Waals surface area contributed by atoms with Crippen LogP contribution in [0.15, 0.2) is 47.2 Å². The number of benzene rings is 1. The van der Waals surface area contributed by atoms with Crippen LogP contribution in [-0.2, 0) is 4.79 Å². The smallest absolute Gasteiger partial charge is 0.224 e. The first kappa shape index (κ1) is 22.1. The molecule has 7 rings (SSSR count). The molecular formula is C28H33N4OS. The molecule has 4 bridgehead atoms. The summed E-state index contributed by atoms with van der Waals surface area (Å²) in [7, 11) is 0. The van der Waals surface area contributed by atoms with Gasteiger partial charge in [0, 0.05) is 24.9 Å². The number of hydrogen-bond acceptors (Lipinski definition) is 5. The lowest BCUT2D eigenvalue weighted by atomic mass is 9.49. The first-order valence-electron chi connectivity index (χ1n) is 12.7. The summed E-state index contributed by atoms with van der Waals surface area (Å²) in [5.74, 6) is 3.63. The number of nitrogens with zero attached hydrogens (tertiary/aromatic N) is 1. The Morgan fingerprint density at radius 1 is 1.03 bits per heavy atom. The first-order valence-corrected chi connectivity index (χ1v) is 13.6. The second kappa shape index (κ2) is 9.31. The van der Waals surface area contributed by atoms with Gasteiger partial charge in [-0.15, -0.1) is 0 Å². The summed E-state index contributed by atoms with van der Waals surface area (Å²) in [5, 5.41) is 15.1. The molecule has 2 aromatic heterocycles. The number of carbonyl (C=O) groups excluding carboxylic acids is 1. The quantitative estimate of drug-likeness (QED) is 0.331. The van der Waals surface area contributed by atoms with E-state index in [4.69, 9.17) is 4.98 Å². The molecule has 3 N–H and O–H groups in total. The summed E-state index contributed by atoms with van der Waals surface area (Å²) >= 11 is 1.70. The zero-order chi connectivity index (χ0) is 23.0. The maximum Gasteiger partial charge on any atom is 0.224 e. The monoisotopic (exact) mass is 473 g/mol. The van der Waals surface area contributed by atoms with E-state index < -0.39 is 0 Å². The standard InChI is InChI=1S/C28H33N4OS/c33-27(16-28-13-20-10-21(14-28)12-22(11-20)15-28)32-25-3-1-2-24-23(25)4-5-26(31-24)30-8-7-29-17-19-6-9-34-18-19/h1-6,9,17-18,20-22,29H,7-8,10-16H2,(H,30,31)(H,32,33). The van der Waals surface area contributed by atoms with Crippen molar-refractivity contribution in [2.45, 2.75) is 44.9 Å². The Morgan fingerprint density at radius 3 is 2.56 bits per heavy atom. The molecule has 1 amide bonds. The van der Waals surface area contributed by atoms with Gasteiger partial charge in [-0.25, -0.2) is 4.98 Å². The van der Waals surface area contributed by atoms with E-state index in [1.165, 1.54) is 44.1 Å². The number of fused-ring (bicyclic) bond motifs is 1. The molecule has 4 fully saturated rings. The van der Waals surface area contributed by atoms with Crippen LogP contribution in [0, 0.1) is 29.7 Å². The van der Waals surface area contributed by atoms with E-state index in [1.807, 2.05) is 30.8 Å². The fraction of sp³-hybridized carbons (Fsp3) is 0.464. The molecule has 1 radical (unpaired) electrons. The number of rotatable bonds is 9. The Kier molecular flexibility index (Phi) is 6.04. The van der Waals surface area contributed by atoms with Crippen molar-refractivity contribution < 1.29 is 4.79 Å². The van der Waals surface area contributed by atoms with Crippen LogP contribution < -0.4 is 16.0 Å². The average molecular weight is 474 g/mol. The third kappa shape index (κ3) is 4.71. The van der Waals surface area contributed by atoms with Gasteiger partial charge in [-0.2, -0.15) is 11.3 Å². The van der Waals surface area contributed by atoms with Crippen LogP contribution in [0.2, 0.25) is 0 Å². The minimum Gasteiger partial charge on any atom is -0.369 e. The molecule has 5 nitrogen and oxygen atoms in total. The number of aromatic nitrogens is 1. The largest absolute Gasteiger partial charge is 0.369 e.